The average molecular weight is 436 g/mol. The first-order chi connectivity index (χ1) is 13.7. The van der Waals surface area contributed by atoms with Crippen molar-refractivity contribution in [2.75, 3.05) is 21.9 Å². The molecule has 0 aromatic heterocycles. The summed E-state index contributed by atoms with van der Waals surface area (Å²) in [6.07, 6.45) is 2.30. The van der Waals surface area contributed by atoms with Crippen molar-refractivity contribution in [3.8, 4) is 0 Å². The van der Waals surface area contributed by atoms with Crippen LogP contribution in [0.3, 0.4) is 0 Å². The van der Waals surface area contributed by atoms with Gasteiger partial charge in [0.15, 0.2) is 0 Å². The third kappa shape index (κ3) is 4.44. The molecule has 2 aromatic carbocycles. The molecule has 154 valence electrons. The summed E-state index contributed by atoms with van der Waals surface area (Å²) < 4.78 is 52.3. The lowest BCUT2D eigenvalue weighted by Crippen LogP contribution is -2.25. The van der Waals surface area contributed by atoms with Gasteiger partial charge in [-0.3, -0.25) is 9.10 Å². The van der Waals surface area contributed by atoms with Crippen LogP contribution in [0.1, 0.15) is 29.6 Å². The van der Waals surface area contributed by atoms with Crippen LogP contribution in [0.15, 0.2) is 53.4 Å². The van der Waals surface area contributed by atoms with E-state index in [1.807, 2.05) is 0 Å². The van der Waals surface area contributed by atoms with Crippen molar-refractivity contribution < 1.29 is 21.6 Å². The van der Waals surface area contributed by atoms with Gasteiger partial charge in [-0.25, -0.2) is 21.6 Å². The second-order valence-corrected chi connectivity index (χ2v) is 10.9. The molecule has 10 heteroatoms. The second-order valence-electron chi connectivity index (χ2n) is 7.16. The first kappa shape index (κ1) is 19.9. The highest BCUT2D eigenvalue weighted by molar-refractivity contribution is 7.93. The molecule has 0 spiro atoms. The predicted molar refractivity (Wildman–Crippen MR) is 110 cm³/mol. The van der Waals surface area contributed by atoms with Crippen LogP contribution in [0.4, 0.5) is 11.4 Å². The number of anilines is 2. The molecule has 29 heavy (non-hydrogen) atoms. The molecule has 2 aromatic rings. The van der Waals surface area contributed by atoms with Crippen molar-refractivity contribution in [3.05, 3.63) is 54.1 Å². The normalized spacial score (nSPS) is 18.6. The van der Waals surface area contributed by atoms with E-state index < -0.39 is 20.0 Å². The summed E-state index contributed by atoms with van der Waals surface area (Å²) >= 11 is 0. The van der Waals surface area contributed by atoms with E-state index in [4.69, 9.17) is 0 Å². The Bertz CT molecular complexity index is 1120. The minimum absolute atomic E-state index is 0.0153. The third-order valence-electron chi connectivity index (χ3n) is 4.84. The van der Waals surface area contributed by atoms with Gasteiger partial charge in [-0.1, -0.05) is 0 Å². The van der Waals surface area contributed by atoms with Crippen LogP contribution in [0.25, 0.3) is 0 Å². The predicted octanol–water partition coefficient (Wildman–Crippen LogP) is 1.92. The van der Waals surface area contributed by atoms with Crippen molar-refractivity contribution >= 4 is 37.3 Å². The monoisotopic (exact) mass is 435 g/mol. The minimum atomic E-state index is -3.56. The molecule has 1 amide bonds. The van der Waals surface area contributed by atoms with E-state index in [1.165, 1.54) is 28.6 Å². The number of amides is 1. The highest BCUT2D eigenvalue weighted by Gasteiger charge is 2.29. The fourth-order valence-corrected chi connectivity index (χ4v) is 5.99. The number of sulfonamides is 2. The van der Waals surface area contributed by atoms with Gasteiger partial charge in [-0.15, -0.1) is 0 Å². The van der Waals surface area contributed by atoms with Crippen LogP contribution in [0.5, 0.6) is 0 Å². The number of rotatable bonds is 6. The Morgan fingerprint density at radius 3 is 2.21 bits per heavy atom. The summed E-state index contributed by atoms with van der Waals surface area (Å²) in [7, 11) is -6.80. The Kier molecular flexibility index (Phi) is 5.09. The van der Waals surface area contributed by atoms with E-state index in [0.717, 1.165) is 12.8 Å². The fraction of sp³-hybridized carbons (Fsp3) is 0.316. The molecular weight excluding hydrogens is 414 g/mol. The maximum Gasteiger partial charge on any atom is 0.255 e. The van der Waals surface area contributed by atoms with Crippen molar-refractivity contribution in [1.29, 1.82) is 0 Å². The summed E-state index contributed by atoms with van der Waals surface area (Å²) in [4.78, 5) is 12.5. The van der Waals surface area contributed by atoms with E-state index in [-0.39, 0.29) is 22.6 Å². The lowest BCUT2D eigenvalue weighted by Gasteiger charge is -2.17. The number of benzene rings is 2. The molecule has 2 fully saturated rings. The molecule has 8 nitrogen and oxygen atoms in total. The Morgan fingerprint density at radius 2 is 1.66 bits per heavy atom. The molecule has 1 saturated carbocycles. The zero-order chi connectivity index (χ0) is 20.6. The summed E-state index contributed by atoms with van der Waals surface area (Å²) in [5.41, 5.74) is 1.40. The van der Waals surface area contributed by atoms with Crippen molar-refractivity contribution in [2.24, 2.45) is 0 Å². The molecule has 2 aliphatic rings. The van der Waals surface area contributed by atoms with Crippen LogP contribution in [-0.4, -0.2) is 41.1 Å². The van der Waals surface area contributed by atoms with Crippen molar-refractivity contribution in [3.63, 3.8) is 0 Å². The standard InChI is InChI=1S/C19H21N3O5S2/c23-19(14-2-10-18(11-3-14)29(26,27)21-16-4-5-16)20-15-6-8-17(9-7-15)22-12-1-13-28(22,24)25/h2-3,6-11,16,21H,1,4-5,12-13H2,(H,20,23). The number of carbonyl (C=O) groups excluding carboxylic acids is 1. The number of hydrogen-bond acceptors (Lipinski definition) is 5. The zero-order valence-corrected chi connectivity index (χ0v) is 17.2. The van der Waals surface area contributed by atoms with Gasteiger partial charge < -0.3 is 5.32 Å². The smallest absolute Gasteiger partial charge is 0.255 e. The van der Waals surface area contributed by atoms with Crippen LogP contribution < -0.4 is 14.3 Å². The summed E-state index contributed by atoms with van der Waals surface area (Å²) in [5, 5.41) is 2.73. The van der Waals surface area contributed by atoms with Gasteiger partial charge in [0, 0.05) is 23.8 Å². The average Bonchev–Trinajstić information content (AvgIpc) is 3.42. The van der Waals surface area contributed by atoms with Gasteiger partial charge in [0.2, 0.25) is 20.0 Å². The minimum Gasteiger partial charge on any atom is -0.322 e. The first-order valence-corrected chi connectivity index (χ1v) is 12.4. The Balaban J connectivity index is 1.42. The van der Waals surface area contributed by atoms with Crippen LogP contribution in [-0.2, 0) is 20.0 Å². The summed E-state index contributed by atoms with van der Waals surface area (Å²) in [6, 6.07) is 12.3. The van der Waals surface area contributed by atoms with Gasteiger partial charge in [0.05, 0.1) is 16.3 Å². The molecule has 1 heterocycles. The molecule has 0 atom stereocenters. The molecule has 1 saturated heterocycles. The maximum absolute atomic E-state index is 12.4. The molecule has 1 aliphatic heterocycles. The molecule has 0 radical (unpaired) electrons. The van der Waals surface area contributed by atoms with E-state index in [0.29, 0.717) is 29.9 Å². The Labute approximate surface area is 170 Å². The van der Waals surface area contributed by atoms with Crippen LogP contribution in [0.2, 0.25) is 0 Å². The van der Waals surface area contributed by atoms with Crippen molar-refractivity contribution in [1.82, 2.24) is 4.72 Å². The highest BCUT2D eigenvalue weighted by Crippen LogP contribution is 2.26. The SMILES string of the molecule is O=C(Nc1ccc(N2CCCS2(=O)=O)cc1)c1ccc(S(=O)(=O)NC2CC2)cc1. The zero-order valence-electron chi connectivity index (χ0n) is 15.5. The largest absolute Gasteiger partial charge is 0.322 e. The molecule has 2 N–H and O–H groups in total. The van der Waals surface area contributed by atoms with E-state index in [9.17, 15) is 21.6 Å². The third-order valence-corrected chi connectivity index (χ3v) is 8.24. The van der Waals surface area contributed by atoms with Gasteiger partial charge in [-0.2, -0.15) is 0 Å². The molecule has 0 unspecified atom stereocenters. The van der Waals surface area contributed by atoms with Gasteiger partial charge in [0.25, 0.3) is 5.91 Å². The number of carbonyl (C=O) groups is 1. The number of nitrogens with zero attached hydrogens (tertiary/aromatic N) is 1. The molecule has 4 rings (SSSR count). The quantitative estimate of drug-likeness (QED) is 0.720. The van der Waals surface area contributed by atoms with E-state index >= 15 is 0 Å². The lowest BCUT2D eigenvalue weighted by molar-refractivity contribution is 0.102. The second kappa shape index (κ2) is 7.43. The Morgan fingerprint density at radius 1 is 1.00 bits per heavy atom. The van der Waals surface area contributed by atoms with Crippen LogP contribution >= 0.6 is 0 Å². The van der Waals surface area contributed by atoms with E-state index in [1.54, 1.807) is 24.3 Å². The molecular formula is C19H21N3O5S2. The summed E-state index contributed by atoms with van der Waals surface area (Å²) in [5.74, 6) is -0.237. The molecule has 0 bridgehead atoms. The topological polar surface area (TPSA) is 113 Å². The lowest BCUT2D eigenvalue weighted by atomic mass is 10.2. The van der Waals surface area contributed by atoms with Gasteiger partial charge >= 0.3 is 0 Å². The fourth-order valence-electron chi connectivity index (χ4n) is 3.12. The summed E-state index contributed by atoms with van der Waals surface area (Å²) in [6.45, 7) is 0.457. The first-order valence-electron chi connectivity index (χ1n) is 9.29. The highest BCUT2D eigenvalue weighted by atomic mass is 32.2. The molecule has 1 aliphatic carbocycles. The number of nitrogens with one attached hydrogen (secondary N) is 2. The Hall–Kier alpha value is -2.43. The van der Waals surface area contributed by atoms with Crippen LogP contribution in [0, 0.1) is 0 Å². The maximum atomic E-state index is 12.4. The van der Waals surface area contributed by atoms with Gasteiger partial charge in [0.1, 0.15) is 0 Å². The van der Waals surface area contributed by atoms with Gasteiger partial charge in [-0.05, 0) is 67.8 Å². The van der Waals surface area contributed by atoms with E-state index in [2.05, 4.69) is 10.0 Å². The van der Waals surface area contributed by atoms with Crippen molar-refractivity contribution in [2.45, 2.75) is 30.2 Å². The number of hydrogen-bond donors (Lipinski definition) is 2.